The molecule has 0 aliphatic rings. The van der Waals surface area contributed by atoms with Crippen molar-refractivity contribution in [3.05, 3.63) is 58.5 Å². The summed E-state index contributed by atoms with van der Waals surface area (Å²) < 4.78 is 0. The number of hydrogen-bond donors (Lipinski definition) is 3. The Hall–Kier alpha value is -2.70. The molecule has 24 heavy (non-hydrogen) atoms. The molecule has 2 aromatic heterocycles. The molecule has 0 bridgehead atoms. The number of aliphatic hydroxyl groups excluding tert-OH is 1. The fourth-order valence-corrected chi connectivity index (χ4v) is 2.64. The molecule has 0 aliphatic carbocycles. The highest BCUT2D eigenvalue weighted by molar-refractivity contribution is 6.31. The van der Waals surface area contributed by atoms with E-state index in [1.165, 1.54) is 19.2 Å². The van der Waals surface area contributed by atoms with Crippen molar-refractivity contribution in [2.24, 2.45) is 0 Å². The Kier molecular flexibility index (Phi) is 4.33. The Morgan fingerprint density at radius 1 is 1.29 bits per heavy atom. The number of rotatable bonds is 4. The molecule has 0 unspecified atom stereocenters. The quantitative estimate of drug-likeness (QED) is 0.635. The number of H-pyrrole nitrogens is 1. The van der Waals surface area contributed by atoms with E-state index in [-0.39, 0.29) is 29.7 Å². The smallest absolute Gasteiger partial charge is 0.229 e. The van der Waals surface area contributed by atoms with Crippen molar-refractivity contribution < 1.29 is 14.7 Å². The Morgan fingerprint density at radius 3 is 2.79 bits per heavy atom. The maximum absolute atomic E-state index is 12.8. The summed E-state index contributed by atoms with van der Waals surface area (Å²) in [6, 6.07) is 8.22. The third-order valence-electron chi connectivity index (χ3n) is 3.53. The van der Waals surface area contributed by atoms with Gasteiger partial charge in [-0.05, 0) is 35.9 Å². The maximum Gasteiger partial charge on any atom is 0.229 e. The molecular formula is C17H14ClN3O3. The number of nitrogens with one attached hydrogen (secondary N) is 2. The first-order valence-corrected chi connectivity index (χ1v) is 7.56. The van der Waals surface area contributed by atoms with Crippen LogP contribution in [-0.2, 0) is 11.4 Å². The van der Waals surface area contributed by atoms with E-state index in [9.17, 15) is 14.7 Å². The van der Waals surface area contributed by atoms with E-state index in [0.29, 0.717) is 27.2 Å². The summed E-state index contributed by atoms with van der Waals surface area (Å²) in [6.45, 7) is 1.18. The zero-order chi connectivity index (χ0) is 17.3. The monoisotopic (exact) mass is 343 g/mol. The van der Waals surface area contributed by atoms with Crippen LogP contribution in [0.15, 0.2) is 36.5 Å². The number of aliphatic hydroxyl groups is 1. The number of amides is 1. The zero-order valence-corrected chi connectivity index (χ0v) is 13.5. The van der Waals surface area contributed by atoms with Gasteiger partial charge in [-0.2, -0.15) is 0 Å². The molecule has 6 nitrogen and oxygen atoms in total. The normalized spacial score (nSPS) is 10.8. The molecule has 7 heteroatoms. The number of carbonyl (C=O) groups is 2. The lowest BCUT2D eigenvalue weighted by Gasteiger charge is -2.05. The van der Waals surface area contributed by atoms with Crippen LogP contribution in [-0.4, -0.2) is 26.8 Å². The van der Waals surface area contributed by atoms with Gasteiger partial charge in [0.15, 0.2) is 0 Å². The number of anilines is 1. The second-order valence-corrected chi connectivity index (χ2v) is 5.72. The van der Waals surface area contributed by atoms with E-state index in [1.807, 2.05) is 0 Å². The van der Waals surface area contributed by atoms with Gasteiger partial charge in [-0.1, -0.05) is 11.6 Å². The molecule has 1 amide bonds. The Balaban J connectivity index is 2.16. The Labute approximate surface area is 142 Å². The van der Waals surface area contributed by atoms with Crippen LogP contribution in [0, 0.1) is 0 Å². The fraction of sp³-hybridized carbons (Fsp3) is 0.118. The number of pyridine rings is 1. The van der Waals surface area contributed by atoms with Gasteiger partial charge in [-0.3, -0.25) is 14.6 Å². The van der Waals surface area contributed by atoms with Crippen LogP contribution in [0.2, 0.25) is 5.02 Å². The van der Waals surface area contributed by atoms with Crippen LogP contribution < -0.4 is 5.32 Å². The molecule has 0 fully saturated rings. The first-order valence-electron chi connectivity index (χ1n) is 7.19. The van der Waals surface area contributed by atoms with E-state index in [2.05, 4.69) is 15.3 Å². The highest BCUT2D eigenvalue weighted by Crippen LogP contribution is 2.31. The second-order valence-electron chi connectivity index (χ2n) is 5.28. The fourth-order valence-electron chi connectivity index (χ4n) is 2.47. The van der Waals surface area contributed by atoms with Gasteiger partial charge in [0.05, 0.1) is 12.3 Å². The summed E-state index contributed by atoms with van der Waals surface area (Å²) in [5, 5.41) is 13.1. The van der Waals surface area contributed by atoms with Crippen LogP contribution in [0.4, 0.5) is 5.69 Å². The number of carbonyl (C=O) groups excluding carboxylic acids is 2. The molecule has 0 aliphatic heterocycles. The molecule has 0 saturated carbocycles. The summed E-state index contributed by atoms with van der Waals surface area (Å²) >= 11 is 5.99. The van der Waals surface area contributed by atoms with Crippen LogP contribution in [0.3, 0.4) is 0 Å². The van der Waals surface area contributed by atoms with E-state index < -0.39 is 0 Å². The van der Waals surface area contributed by atoms with E-state index in [4.69, 9.17) is 11.6 Å². The summed E-state index contributed by atoms with van der Waals surface area (Å²) in [6.07, 6.45) is 1.45. The van der Waals surface area contributed by atoms with Crippen molar-refractivity contribution in [1.82, 2.24) is 9.97 Å². The Bertz CT molecular complexity index is 949. The van der Waals surface area contributed by atoms with Gasteiger partial charge in [0.1, 0.15) is 11.4 Å². The lowest BCUT2D eigenvalue weighted by molar-refractivity contribution is -0.114. The number of aromatic nitrogens is 2. The van der Waals surface area contributed by atoms with Gasteiger partial charge >= 0.3 is 0 Å². The van der Waals surface area contributed by atoms with Crippen molar-refractivity contribution in [1.29, 1.82) is 0 Å². The number of hydrogen-bond acceptors (Lipinski definition) is 4. The summed E-state index contributed by atoms with van der Waals surface area (Å²) in [7, 11) is 0. The first-order chi connectivity index (χ1) is 11.5. The largest absolute Gasteiger partial charge is 0.392 e. The van der Waals surface area contributed by atoms with Crippen molar-refractivity contribution in [3.8, 4) is 0 Å². The van der Waals surface area contributed by atoms with Gasteiger partial charge in [0.25, 0.3) is 0 Å². The van der Waals surface area contributed by atoms with Crippen LogP contribution in [0.1, 0.15) is 28.7 Å². The standard InChI is InChI=1S/C17H14ClN3O3/c1-9(23)20-15-12-3-2-11(18)7-13(12)21-16(15)17(24)14-6-10(8-22)4-5-19-14/h2-7,21-22H,8H2,1H3,(H,20,23). The number of halogens is 1. The summed E-state index contributed by atoms with van der Waals surface area (Å²) in [4.78, 5) is 31.4. The van der Waals surface area contributed by atoms with Crippen molar-refractivity contribution in [2.45, 2.75) is 13.5 Å². The predicted octanol–water partition coefficient (Wildman–Crippen LogP) is 2.90. The highest BCUT2D eigenvalue weighted by Gasteiger charge is 2.21. The van der Waals surface area contributed by atoms with E-state index in [1.54, 1.807) is 24.3 Å². The lowest BCUT2D eigenvalue weighted by Crippen LogP contribution is -2.12. The minimum atomic E-state index is -0.388. The molecule has 0 spiro atoms. The molecule has 122 valence electrons. The summed E-state index contributed by atoms with van der Waals surface area (Å²) in [5.74, 6) is -0.682. The SMILES string of the molecule is CC(=O)Nc1c(C(=O)c2cc(CO)ccn2)[nH]c2cc(Cl)ccc12. The van der Waals surface area contributed by atoms with E-state index >= 15 is 0 Å². The first kappa shape index (κ1) is 16.2. The third kappa shape index (κ3) is 3.02. The van der Waals surface area contributed by atoms with Crippen molar-refractivity contribution in [3.63, 3.8) is 0 Å². The van der Waals surface area contributed by atoms with E-state index in [0.717, 1.165) is 0 Å². The van der Waals surface area contributed by atoms with Crippen LogP contribution in [0.5, 0.6) is 0 Å². The average Bonchev–Trinajstić information content (AvgIpc) is 2.91. The number of fused-ring (bicyclic) bond motifs is 1. The number of nitrogens with zero attached hydrogens (tertiary/aromatic N) is 1. The second kappa shape index (κ2) is 6.43. The molecule has 2 heterocycles. The van der Waals surface area contributed by atoms with Gasteiger partial charge in [0.2, 0.25) is 11.7 Å². The number of ketones is 1. The van der Waals surface area contributed by atoms with Gasteiger partial charge in [0, 0.05) is 29.0 Å². The van der Waals surface area contributed by atoms with Crippen LogP contribution >= 0.6 is 11.6 Å². The molecule has 0 saturated heterocycles. The summed E-state index contributed by atoms with van der Waals surface area (Å²) in [5.41, 5.74) is 1.98. The third-order valence-corrected chi connectivity index (χ3v) is 3.76. The number of aromatic amines is 1. The molecule has 3 rings (SSSR count). The lowest BCUT2D eigenvalue weighted by atomic mass is 10.1. The molecular weight excluding hydrogens is 330 g/mol. The van der Waals surface area contributed by atoms with Crippen LogP contribution in [0.25, 0.3) is 10.9 Å². The number of benzene rings is 1. The minimum Gasteiger partial charge on any atom is -0.392 e. The van der Waals surface area contributed by atoms with Gasteiger partial charge in [-0.15, -0.1) is 0 Å². The zero-order valence-electron chi connectivity index (χ0n) is 12.8. The highest BCUT2D eigenvalue weighted by atomic mass is 35.5. The molecule has 0 atom stereocenters. The topological polar surface area (TPSA) is 95.1 Å². The van der Waals surface area contributed by atoms with Gasteiger partial charge in [-0.25, -0.2) is 0 Å². The molecule has 3 aromatic rings. The average molecular weight is 344 g/mol. The van der Waals surface area contributed by atoms with Crippen molar-refractivity contribution >= 4 is 39.9 Å². The minimum absolute atomic E-state index is 0.172. The predicted molar refractivity (Wildman–Crippen MR) is 91.2 cm³/mol. The molecule has 3 N–H and O–H groups in total. The molecule has 1 aromatic carbocycles. The Morgan fingerprint density at radius 2 is 2.08 bits per heavy atom. The van der Waals surface area contributed by atoms with Gasteiger partial charge < -0.3 is 15.4 Å². The maximum atomic E-state index is 12.8. The molecule has 0 radical (unpaired) electrons. The van der Waals surface area contributed by atoms with Crippen molar-refractivity contribution in [2.75, 3.05) is 5.32 Å².